The van der Waals surface area contributed by atoms with Gasteiger partial charge >= 0.3 is 0 Å². The largest absolute Gasteiger partial charge is 0.372 e. The maximum atomic E-state index is 5.80. The molecule has 2 atom stereocenters. The van der Waals surface area contributed by atoms with Crippen LogP contribution < -0.4 is 11.1 Å². The molecule has 88 valence electrons. The fourth-order valence-corrected chi connectivity index (χ4v) is 2.04. The van der Waals surface area contributed by atoms with Gasteiger partial charge in [0.05, 0.1) is 12.7 Å². The molecule has 1 aromatic carbocycles. The minimum atomic E-state index is 0.180. The van der Waals surface area contributed by atoms with Crippen LogP contribution in [0.15, 0.2) is 24.3 Å². The highest BCUT2D eigenvalue weighted by molar-refractivity contribution is 5.31. The quantitative estimate of drug-likeness (QED) is 0.802. The summed E-state index contributed by atoms with van der Waals surface area (Å²) in [6, 6.07) is 8.87. The van der Waals surface area contributed by atoms with Gasteiger partial charge in [-0.2, -0.15) is 0 Å². The second kappa shape index (κ2) is 5.43. The molecule has 0 aliphatic carbocycles. The minimum Gasteiger partial charge on any atom is -0.372 e. The zero-order valence-electron chi connectivity index (χ0n) is 9.78. The molecule has 1 heterocycles. The molecule has 16 heavy (non-hydrogen) atoms. The number of hydrogen-bond donors (Lipinski definition) is 2. The van der Waals surface area contributed by atoms with Crippen molar-refractivity contribution in [2.45, 2.75) is 25.5 Å². The van der Waals surface area contributed by atoms with Crippen LogP contribution in [0, 0.1) is 0 Å². The molecule has 0 saturated carbocycles. The van der Waals surface area contributed by atoms with Crippen LogP contribution in [0.1, 0.15) is 24.2 Å². The number of ether oxygens (including phenoxy) is 1. The zero-order chi connectivity index (χ0) is 11.4. The molecule has 3 heteroatoms. The number of benzene rings is 1. The van der Waals surface area contributed by atoms with Gasteiger partial charge in [0.1, 0.15) is 0 Å². The zero-order valence-corrected chi connectivity index (χ0v) is 9.78. The molecular weight excluding hydrogens is 200 g/mol. The van der Waals surface area contributed by atoms with E-state index in [4.69, 9.17) is 10.5 Å². The number of nitrogens with one attached hydrogen (secondary N) is 1. The van der Waals surface area contributed by atoms with E-state index in [0.29, 0.717) is 12.6 Å². The smallest absolute Gasteiger partial charge is 0.0952 e. The van der Waals surface area contributed by atoms with Crippen LogP contribution in [-0.2, 0) is 11.2 Å². The SMILES string of the molecule is C[C@H](CN)NCC1OCCc2ccccc21. The van der Waals surface area contributed by atoms with Crippen molar-refractivity contribution in [1.29, 1.82) is 0 Å². The van der Waals surface area contributed by atoms with E-state index in [-0.39, 0.29) is 6.10 Å². The Morgan fingerprint density at radius 3 is 3.12 bits per heavy atom. The van der Waals surface area contributed by atoms with Crippen LogP contribution >= 0.6 is 0 Å². The normalized spacial score (nSPS) is 21.5. The average molecular weight is 220 g/mol. The van der Waals surface area contributed by atoms with Crippen molar-refractivity contribution in [2.75, 3.05) is 19.7 Å². The minimum absolute atomic E-state index is 0.180. The summed E-state index contributed by atoms with van der Waals surface area (Å²) in [5, 5.41) is 3.39. The first-order valence-electron chi connectivity index (χ1n) is 5.94. The summed E-state index contributed by atoms with van der Waals surface area (Å²) in [7, 11) is 0. The Bertz CT molecular complexity index is 340. The van der Waals surface area contributed by atoms with Gasteiger partial charge in [-0.3, -0.25) is 0 Å². The van der Waals surface area contributed by atoms with Crippen molar-refractivity contribution in [3.8, 4) is 0 Å². The van der Waals surface area contributed by atoms with E-state index in [1.165, 1.54) is 11.1 Å². The van der Waals surface area contributed by atoms with Gasteiger partial charge < -0.3 is 15.8 Å². The molecule has 3 nitrogen and oxygen atoms in total. The van der Waals surface area contributed by atoms with Crippen molar-refractivity contribution < 1.29 is 4.74 Å². The second-order valence-electron chi connectivity index (χ2n) is 4.35. The molecule has 3 N–H and O–H groups in total. The maximum absolute atomic E-state index is 5.80. The van der Waals surface area contributed by atoms with Gasteiger partial charge in [-0.25, -0.2) is 0 Å². The lowest BCUT2D eigenvalue weighted by atomic mass is 9.97. The number of hydrogen-bond acceptors (Lipinski definition) is 3. The third-order valence-corrected chi connectivity index (χ3v) is 3.10. The van der Waals surface area contributed by atoms with Gasteiger partial charge in [-0.15, -0.1) is 0 Å². The standard InChI is InChI=1S/C13H20N2O/c1-10(8-14)15-9-13-12-5-3-2-4-11(12)6-7-16-13/h2-5,10,13,15H,6-9,14H2,1H3/t10-,13?/m1/s1. The number of nitrogens with two attached hydrogens (primary N) is 1. The third kappa shape index (κ3) is 2.61. The van der Waals surface area contributed by atoms with Crippen LogP contribution in [0.4, 0.5) is 0 Å². The predicted octanol–water partition coefficient (Wildman–Crippen LogP) is 1.24. The Kier molecular flexibility index (Phi) is 3.93. The average Bonchev–Trinajstić information content (AvgIpc) is 2.35. The van der Waals surface area contributed by atoms with Gasteiger partial charge in [-0.05, 0) is 24.5 Å². The topological polar surface area (TPSA) is 47.3 Å². The van der Waals surface area contributed by atoms with Gasteiger partial charge in [0.15, 0.2) is 0 Å². The highest BCUT2D eigenvalue weighted by atomic mass is 16.5. The van der Waals surface area contributed by atoms with E-state index in [0.717, 1.165) is 19.6 Å². The van der Waals surface area contributed by atoms with Gasteiger partial charge in [-0.1, -0.05) is 24.3 Å². The van der Waals surface area contributed by atoms with Crippen LogP contribution in [-0.4, -0.2) is 25.7 Å². The highest BCUT2D eigenvalue weighted by Crippen LogP contribution is 2.26. The predicted molar refractivity (Wildman–Crippen MR) is 65.4 cm³/mol. The Morgan fingerprint density at radius 1 is 1.50 bits per heavy atom. The summed E-state index contributed by atoms with van der Waals surface area (Å²) in [6.45, 7) is 4.42. The molecule has 0 radical (unpaired) electrons. The fraction of sp³-hybridized carbons (Fsp3) is 0.538. The Hall–Kier alpha value is -0.900. The van der Waals surface area contributed by atoms with Gasteiger partial charge in [0.2, 0.25) is 0 Å². The molecule has 0 aromatic heterocycles. The first-order valence-corrected chi connectivity index (χ1v) is 5.94. The Labute approximate surface area is 97.0 Å². The van der Waals surface area contributed by atoms with E-state index < -0.39 is 0 Å². The molecule has 2 rings (SSSR count). The Balaban J connectivity index is 2.01. The lowest BCUT2D eigenvalue weighted by Gasteiger charge is -2.27. The lowest BCUT2D eigenvalue weighted by Crippen LogP contribution is -2.37. The van der Waals surface area contributed by atoms with Crippen molar-refractivity contribution in [2.24, 2.45) is 5.73 Å². The molecule has 1 aromatic rings. The van der Waals surface area contributed by atoms with Crippen molar-refractivity contribution in [3.63, 3.8) is 0 Å². The van der Waals surface area contributed by atoms with Gasteiger partial charge in [0, 0.05) is 19.1 Å². The lowest BCUT2D eigenvalue weighted by molar-refractivity contribution is 0.0411. The third-order valence-electron chi connectivity index (χ3n) is 3.10. The molecular formula is C13H20N2O. The molecule has 0 spiro atoms. The van der Waals surface area contributed by atoms with E-state index in [2.05, 4.69) is 36.5 Å². The molecule has 0 amide bonds. The van der Waals surface area contributed by atoms with E-state index in [9.17, 15) is 0 Å². The monoisotopic (exact) mass is 220 g/mol. The van der Waals surface area contributed by atoms with Crippen LogP contribution in [0.25, 0.3) is 0 Å². The second-order valence-corrected chi connectivity index (χ2v) is 4.35. The fourth-order valence-electron chi connectivity index (χ4n) is 2.04. The summed E-state index contributed by atoms with van der Waals surface area (Å²) in [4.78, 5) is 0. The summed E-state index contributed by atoms with van der Waals surface area (Å²) >= 11 is 0. The van der Waals surface area contributed by atoms with Crippen molar-refractivity contribution >= 4 is 0 Å². The van der Waals surface area contributed by atoms with E-state index in [1.54, 1.807) is 0 Å². The summed E-state index contributed by atoms with van der Waals surface area (Å²) in [5.74, 6) is 0. The summed E-state index contributed by atoms with van der Waals surface area (Å²) in [6.07, 6.45) is 1.21. The first kappa shape index (κ1) is 11.6. The summed E-state index contributed by atoms with van der Waals surface area (Å²) < 4.78 is 5.80. The van der Waals surface area contributed by atoms with Crippen LogP contribution in [0.5, 0.6) is 0 Å². The van der Waals surface area contributed by atoms with E-state index >= 15 is 0 Å². The van der Waals surface area contributed by atoms with Crippen molar-refractivity contribution in [3.05, 3.63) is 35.4 Å². The van der Waals surface area contributed by atoms with E-state index in [1.807, 2.05) is 0 Å². The Morgan fingerprint density at radius 2 is 2.31 bits per heavy atom. The molecule has 0 fully saturated rings. The summed E-state index contributed by atoms with van der Waals surface area (Å²) in [5.41, 5.74) is 8.32. The first-order chi connectivity index (χ1) is 7.81. The highest BCUT2D eigenvalue weighted by Gasteiger charge is 2.20. The number of rotatable bonds is 4. The molecule has 1 aliphatic heterocycles. The van der Waals surface area contributed by atoms with Crippen LogP contribution in [0.2, 0.25) is 0 Å². The molecule has 1 aliphatic rings. The molecule has 1 unspecified atom stereocenters. The van der Waals surface area contributed by atoms with Crippen LogP contribution in [0.3, 0.4) is 0 Å². The van der Waals surface area contributed by atoms with Crippen molar-refractivity contribution in [1.82, 2.24) is 5.32 Å². The van der Waals surface area contributed by atoms with Gasteiger partial charge in [0.25, 0.3) is 0 Å². The molecule has 0 saturated heterocycles. The molecule has 0 bridgehead atoms. The number of fused-ring (bicyclic) bond motifs is 1. The maximum Gasteiger partial charge on any atom is 0.0952 e.